The van der Waals surface area contributed by atoms with E-state index in [9.17, 15) is 0 Å². The Balaban J connectivity index is 2.84. The smallest absolute Gasteiger partial charge is 0.148 e. The topological polar surface area (TPSA) is 30.7 Å². The van der Waals surface area contributed by atoms with Crippen molar-refractivity contribution in [2.75, 3.05) is 0 Å². The van der Waals surface area contributed by atoms with Crippen LogP contribution in [0.25, 0.3) is 0 Å². The molecule has 1 unspecified atom stereocenters. The van der Waals surface area contributed by atoms with Gasteiger partial charge in [-0.25, -0.2) is 4.45 Å². The van der Waals surface area contributed by atoms with Crippen LogP contribution in [0.2, 0.25) is 0 Å². The molecule has 6 heteroatoms. The zero-order valence-electron chi connectivity index (χ0n) is 3.67. The number of hydrogen-bond acceptors (Lipinski definition) is 2. The average Bonchev–Trinajstić information content (AvgIpc) is 2.14. The minimum Gasteiger partial charge on any atom is -0.224 e. The van der Waals surface area contributed by atoms with Crippen LogP contribution in [-0.4, -0.2) is 14.8 Å². The second kappa shape index (κ2) is 3.08. The second-order valence-corrected chi connectivity index (χ2v) is 3.96. The first-order valence-electron chi connectivity index (χ1n) is 1.77. The summed E-state index contributed by atoms with van der Waals surface area (Å²) in [4.78, 5) is 0. The van der Waals surface area contributed by atoms with E-state index in [1.165, 1.54) is 0 Å². The maximum absolute atomic E-state index is 3.76. The van der Waals surface area contributed by atoms with Crippen molar-refractivity contribution >= 4 is 44.3 Å². The lowest BCUT2D eigenvalue weighted by atomic mass is 11.0. The number of hydrogen-bond donors (Lipinski definition) is 0. The Morgan fingerprint density at radius 3 is 2.88 bits per heavy atom. The van der Waals surface area contributed by atoms with Gasteiger partial charge in [-0.05, 0) is 38.0 Å². The van der Waals surface area contributed by atoms with Gasteiger partial charge in [0, 0.05) is 0 Å². The third-order valence-electron chi connectivity index (χ3n) is 0.552. The first-order valence-corrected chi connectivity index (χ1v) is 6.63. The number of nitrogens with zero attached hydrogens (tertiary/aromatic N) is 3. The molecule has 0 radical (unpaired) electrons. The standard InChI is InChI=1S/C2H2BrIN3P/c3-2-1-7(8-4)6-5-2/h1,8H. The Labute approximate surface area is 69.7 Å². The highest BCUT2D eigenvalue weighted by atomic mass is 127. The zero-order valence-corrected chi connectivity index (χ0v) is 8.42. The van der Waals surface area contributed by atoms with Crippen LogP contribution in [-0.2, 0) is 0 Å². The molecule has 0 bridgehead atoms. The highest BCUT2D eigenvalue weighted by Gasteiger charge is 1.90. The van der Waals surface area contributed by atoms with Crippen LogP contribution in [0.5, 0.6) is 0 Å². The van der Waals surface area contributed by atoms with E-state index in [0.717, 1.165) is 4.60 Å². The van der Waals surface area contributed by atoms with Gasteiger partial charge in [0.2, 0.25) is 0 Å². The predicted octanol–water partition coefficient (Wildman–Crippen LogP) is 1.83. The fourth-order valence-electron chi connectivity index (χ4n) is 0.285. The Morgan fingerprint density at radius 1 is 1.88 bits per heavy atom. The van der Waals surface area contributed by atoms with E-state index in [-0.39, 0.29) is 0 Å². The van der Waals surface area contributed by atoms with Gasteiger partial charge < -0.3 is 0 Å². The van der Waals surface area contributed by atoms with Crippen molar-refractivity contribution in [3.8, 4) is 0 Å². The first kappa shape index (κ1) is 6.89. The Hall–Kier alpha value is 0.780. The molecule has 0 aliphatic rings. The molecule has 1 aromatic rings. The van der Waals surface area contributed by atoms with Gasteiger partial charge in [0.1, 0.15) is 4.60 Å². The van der Waals surface area contributed by atoms with E-state index in [2.05, 4.69) is 48.3 Å². The monoisotopic (exact) mass is 305 g/mol. The summed E-state index contributed by atoms with van der Waals surface area (Å²) in [5.74, 6) is 0. The summed E-state index contributed by atoms with van der Waals surface area (Å²) in [5, 5.41) is 7.48. The van der Waals surface area contributed by atoms with Crippen LogP contribution in [0.1, 0.15) is 0 Å². The van der Waals surface area contributed by atoms with Crippen LogP contribution >= 0.6 is 44.3 Å². The van der Waals surface area contributed by atoms with Crippen molar-refractivity contribution in [3.63, 3.8) is 0 Å². The minimum absolute atomic E-state index is 0.634. The molecule has 3 nitrogen and oxygen atoms in total. The summed E-state index contributed by atoms with van der Waals surface area (Å²) in [5.41, 5.74) is 0. The molecule has 0 aromatic carbocycles. The van der Waals surface area contributed by atoms with Gasteiger partial charge in [-0.1, -0.05) is 5.21 Å². The number of aromatic nitrogens is 3. The summed E-state index contributed by atoms with van der Waals surface area (Å²) in [6.07, 6.45) is 2.47. The zero-order chi connectivity index (χ0) is 5.98. The van der Waals surface area contributed by atoms with E-state index >= 15 is 0 Å². The average molecular weight is 306 g/mol. The van der Waals surface area contributed by atoms with Crippen LogP contribution in [0.3, 0.4) is 0 Å². The Kier molecular flexibility index (Phi) is 2.65. The lowest BCUT2D eigenvalue weighted by molar-refractivity contribution is 0.887. The van der Waals surface area contributed by atoms with Gasteiger partial charge in [0.25, 0.3) is 0 Å². The summed E-state index contributed by atoms with van der Waals surface area (Å²) in [7, 11) is 0. The largest absolute Gasteiger partial charge is 0.224 e. The van der Waals surface area contributed by atoms with Crippen LogP contribution < -0.4 is 0 Å². The molecule has 0 saturated carbocycles. The summed E-state index contributed by atoms with van der Waals surface area (Å²) in [6.45, 7) is 0. The van der Waals surface area contributed by atoms with Crippen molar-refractivity contribution < 1.29 is 0 Å². The molecule has 0 aliphatic carbocycles. The van der Waals surface area contributed by atoms with E-state index in [0.29, 0.717) is 6.37 Å². The van der Waals surface area contributed by atoms with E-state index in [4.69, 9.17) is 0 Å². The lowest BCUT2D eigenvalue weighted by Crippen LogP contribution is -1.78. The van der Waals surface area contributed by atoms with Crippen LogP contribution in [0.15, 0.2) is 10.8 Å². The normalized spacial score (nSPS) is 11.2. The summed E-state index contributed by atoms with van der Waals surface area (Å²) in [6, 6.07) is 0. The molecule has 0 aliphatic heterocycles. The maximum atomic E-state index is 3.76. The van der Waals surface area contributed by atoms with E-state index in [1.54, 1.807) is 4.45 Å². The van der Waals surface area contributed by atoms with E-state index < -0.39 is 0 Å². The van der Waals surface area contributed by atoms with Gasteiger partial charge in [-0.3, -0.25) is 0 Å². The third kappa shape index (κ3) is 1.63. The molecule has 0 N–H and O–H groups in total. The molecule has 0 saturated heterocycles. The first-order chi connectivity index (χ1) is 3.83. The molecule has 1 atom stereocenters. The van der Waals surface area contributed by atoms with Gasteiger partial charge >= 0.3 is 0 Å². The summed E-state index contributed by atoms with van der Waals surface area (Å²) < 4.78 is 2.56. The lowest BCUT2D eigenvalue weighted by Gasteiger charge is -1.83. The quantitative estimate of drug-likeness (QED) is 0.585. The summed E-state index contributed by atoms with van der Waals surface area (Å²) >= 11 is 5.41. The number of halogens is 2. The highest BCUT2D eigenvalue weighted by molar-refractivity contribution is 14.2. The molecule has 0 amide bonds. The fourth-order valence-corrected chi connectivity index (χ4v) is 1.70. The third-order valence-corrected chi connectivity index (χ3v) is 2.79. The molecule has 0 fully saturated rings. The fraction of sp³-hybridized carbons (Fsp3) is 0. The molecule has 1 rings (SSSR count). The van der Waals surface area contributed by atoms with Crippen molar-refractivity contribution in [2.45, 2.75) is 0 Å². The molecule has 8 heavy (non-hydrogen) atoms. The van der Waals surface area contributed by atoms with Gasteiger partial charge in [-0.15, -0.1) is 5.10 Å². The molecule has 1 aromatic heterocycles. The Bertz CT molecular complexity index is 178. The molecular weight excluding hydrogens is 304 g/mol. The minimum atomic E-state index is 0.634. The van der Waals surface area contributed by atoms with Gasteiger partial charge in [0.05, 0.1) is 12.6 Å². The molecule has 0 spiro atoms. The second-order valence-electron chi connectivity index (χ2n) is 1.07. The van der Waals surface area contributed by atoms with Crippen LogP contribution in [0, 0.1) is 0 Å². The maximum Gasteiger partial charge on any atom is 0.148 e. The molecular formula is C2H2BrIN3P. The Morgan fingerprint density at radius 2 is 2.62 bits per heavy atom. The number of rotatable bonds is 1. The highest BCUT2D eigenvalue weighted by Crippen LogP contribution is 2.22. The van der Waals surface area contributed by atoms with Crippen molar-refractivity contribution in [1.29, 1.82) is 0 Å². The van der Waals surface area contributed by atoms with Crippen LogP contribution in [0.4, 0.5) is 0 Å². The van der Waals surface area contributed by atoms with E-state index in [1.807, 2.05) is 6.20 Å². The molecule has 44 valence electrons. The van der Waals surface area contributed by atoms with Crippen molar-refractivity contribution in [1.82, 2.24) is 14.8 Å². The van der Waals surface area contributed by atoms with Gasteiger partial charge in [-0.2, -0.15) is 0 Å². The SMILES string of the molecule is Brc1cn(PI)nn1. The van der Waals surface area contributed by atoms with Crippen molar-refractivity contribution in [2.24, 2.45) is 0 Å². The molecule has 1 heterocycles. The predicted molar refractivity (Wildman–Crippen MR) is 45.5 cm³/mol. The van der Waals surface area contributed by atoms with Gasteiger partial charge in [0.15, 0.2) is 0 Å². The van der Waals surface area contributed by atoms with Crippen molar-refractivity contribution in [3.05, 3.63) is 10.8 Å².